The fourth-order valence-electron chi connectivity index (χ4n) is 12.9. The van der Waals surface area contributed by atoms with Gasteiger partial charge in [-0.1, -0.05) is 170 Å². The predicted molar refractivity (Wildman–Crippen MR) is 340 cm³/mol. The van der Waals surface area contributed by atoms with Crippen LogP contribution in [0, 0.1) is 0 Å². The fourth-order valence-corrected chi connectivity index (χ4v) is 12.9. The average Bonchev–Trinajstić information content (AvgIpc) is 4.43. The lowest BCUT2D eigenvalue weighted by Gasteiger charge is -2.21. The summed E-state index contributed by atoms with van der Waals surface area (Å²) in [6.07, 6.45) is 17.0. The molecule has 0 atom stereocenters. The summed E-state index contributed by atoms with van der Waals surface area (Å²) in [5.74, 6) is 0. The van der Waals surface area contributed by atoms with Crippen molar-refractivity contribution in [1.82, 2.24) is 0 Å². The first-order valence-electron chi connectivity index (χ1n) is 27.3. The molecule has 5 heterocycles. The molecule has 0 fully saturated rings. The van der Waals surface area contributed by atoms with Crippen LogP contribution in [-0.2, 0) is 0 Å². The Hall–Kier alpha value is -10.7. The van der Waals surface area contributed by atoms with Gasteiger partial charge in [-0.25, -0.2) is 20.0 Å². The first-order chi connectivity index (χ1) is 39.6. The highest BCUT2D eigenvalue weighted by molar-refractivity contribution is 6.52. The van der Waals surface area contributed by atoms with Crippen LogP contribution in [0.15, 0.2) is 310 Å². The highest BCUT2D eigenvalue weighted by Crippen LogP contribution is 2.51. The Morgan fingerprint density at radius 2 is 0.600 bits per heavy atom. The Labute approximate surface area is 460 Å². The number of nitrogens with zero attached hydrogens (tertiary/aromatic N) is 4. The van der Waals surface area contributed by atoms with Crippen LogP contribution in [-0.4, -0.2) is 22.8 Å². The summed E-state index contributed by atoms with van der Waals surface area (Å²) in [5.41, 5.74) is 14.9. The molecule has 4 heteroatoms. The molecule has 0 unspecified atom stereocenters. The molecule has 0 radical (unpaired) electrons. The molecule has 80 heavy (non-hydrogen) atoms. The maximum Gasteiger partial charge on any atom is 0.0823 e. The first kappa shape index (κ1) is 44.4. The third-order valence-corrected chi connectivity index (χ3v) is 16.6. The molecule has 0 saturated carbocycles. The van der Waals surface area contributed by atoms with Gasteiger partial charge in [0.05, 0.1) is 45.6 Å². The molecule has 5 aliphatic heterocycles. The van der Waals surface area contributed by atoms with Crippen LogP contribution in [0.1, 0.15) is 22.3 Å². The van der Waals surface area contributed by atoms with E-state index in [0.717, 1.165) is 139 Å². The van der Waals surface area contributed by atoms with Crippen molar-refractivity contribution < 1.29 is 0 Å². The van der Waals surface area contributed by atoms with Gasteiger partial charge in [0, 0.05) is 22.3 Å². The highest BCUT2D eigenvalue weighted by Gasteiger charge is 2.35. The van der Waals surface area contributed by atoms with Gasteiger partial charge in [-0.05, 0) is 206 Å². The second kappa shape index (κ2) is 17.4. The smallest absolute Gasteiger partial charge is 0.0823 e. The van der Waals surface area contributed by atoms with Crippen molar-refractivity contribution in [2.75, 3.05) is 0 Å². The third-order valence-electron chi connectivity index (χ3n) is 16.6. The van der Waals surface area contributed by atoms with Crippen LogP contribution in [0.5, 0.6) is 0 Å². The number of rotatable bonds is 4. The zero-order valence-corrected chi connectivity index (χ0v) is 43.2. The van der Waals surface area contributed by atoms with E-state index >= 15 is 0 Å². The monoisotopic (exact) mass is 1010 g/mol. The second-order valence-electron chi connectivity index (χ2n) is 21.3. The molecule has 12 aromatic carbocycles. The standard InChI is InChI=1S/C76H44N4/c1-5-17-49-37-66-53(33-45(49)13-1)21-9-25-62(66)70-43-61-42-59-30-29-57(77-59)41-58-31-32-60(78-58)44-71-72(63-26-10-22-54-34-46-14-2-6-18-50(46)38-67(54)63)73(64-27-11-23-55-35-47-15-3-7-19-51(47)39-68(55)64)76(80-71)74(75(70)79-61)65-28-12-24-56-36-48-16-4-8-20-52(48)40-69(56)65/h1-44H. The Kier molecular flexibility index (Phi) is 9.68. The number of fused-ring (bicyclic) bond motifs is 12. The molecule has 0 N–H and O–H groups in total. The lowest BCUT2D eigenvalue weighted by atomic mass is 9.82. The lowest BCUT2D eigenvalue weighted by molar-refractivity contribution is 1.41. The molecule has 17 rings (SSSR count). The van der Waals surface area contributed by atoms with Crippen molar-refractivity contribution in [2.24, 2.45) is 20.0 Å². The van der Waals surface area contributed by atoms with Gasteiger partial charge < -0.3 is 0 Å². The summed E-state index contributed by atoms with van der Waals surface area (Å²) in [4.78, 5) is 22.5. The molecule has 12 aromatic rings. The zero-order chi connectivity index (χ0) is 52.4. The number of aliphatic imine (C=N–C) groups is 4. The summed E-state index contributed by atoms with van der Waals surface area (Å²) in [7, 11) is 0. The normalized spacial score (nSPS) is 15.9. The van der Waals surface area contributed by atoms with Gasteiger partial charge in [0.25, 0.3) is 0 Å². The van der Waals surface area contributed by atoms with Crippen molar-refractivity contribution in [3.8, 4) is 0 Å². The van der Waals surface area contributed by atoms with E-state index in [1.807, 2.05) is 0 Å². The third kappa shape index (κ3) is 7.16. The van der Waals surface area contributed by atoms with Crippen molar-refractivity contribution in [1.29, 1.82) is 0 Å². The van der Waals surface area contributed by atoms with E-state index in [-0.39, 0.29) is 0 Å². The highest BCUT2D eigenvalue weighted by atomic mass is 14.9. The van der Waals surface area contributed by atoms with Gasteiger partial charge in [-0.15, -0.1) is 0 Å². The summed E-state index contributed by atoms with van der Waals surface area (Å²) < 4.78 is 0. The topological polar surface area (TPSA) is 49.4 Å². The van der Waals surface area contributed by atoms with E-state index in [0.29, 0.717) is 0 Å². The van der Waals surface area contributed by atoms with E-state index in [4.69, 9.17) is 20.0 Å². The molecule has 0 saturated heterocycles. The Bertz CT molecular complexity index is 5270. The van der Waals surface area contributed by atoms with Gasteiger partial charge in [0.2, 0.25) is 0 Å². The number of allylic oxidation sites excluding steroid dienone is 12. The zero-order valence-electron chi connectivity index (χ0n) is 43.2. The minimum atomic E-state index is 0.805. The van der Waals surface area contributed by atoms with E-state index < -0.39 is 0 Å². The van der Waals surface area contributed by atoms with Crippen LogP contribution < -0.4 is 0 Å². The summed E-state index contributed by atoms with van der Waals surface area (Å²) in [5, 5.41) is 18.6. The Morgan fingerprint density at radius 3 is 1.06 bits per heavy atom. The van der Waals surface area contributed by atoms with Crippen molar-refractivity contribution >= 4 is 131 Å². The van der Waals surface area contributed by atoms with Crippen LogP contribution in [0.2, 0.25) is 0 Å². The number of hydrogen-bond acceptors (Lipinski definition) is 4. The van der Waals surface area contributed by atoms with E-state index in [2.05, 4.69) is 267 Å². The van der Waals surface area contributed by atoms with Gasteiger partial charge in [-0.2, -0.15) is 0 Å². The van der Waals surface area contributed by atoms with Crippen LogP contribution in [0.25, 0.3) is 108 Å². The quantitative estimate of drug-likeness (QED) is 0.158. The first-order valence-corrected chi connectivity index (χ1v) is 27.3. The van der Waals surface area contributed by atoms with E-state index in [9.17, 15) is 0 Å². The van der Waals surface area contributed by atoms with Gasteiger partial charge in [0.15, 0.2) is 0 Å². The molecule has 5 aliphatic rings. The van der Waals surface area contributed by atoms with Gasteiger partial charge in [-0.3, -0.25) is 0 Å². The molecular formula is C76H44N4. The van der Waals surface area contributed by atoms with Gasteiger partial charge >= 0.3 is 0 Å². The van der Waals surface area contributed by atoms with Crippen molar-refractivity contribution in [2.45, 2.75) is 0 Å². The minimum absolute atomic E-state index is 0.805. The van der Waals surface area contributed by atoms with Crippen molar-refractivity contribution in [3.05, 3.63) is 312 Å². The van der Waals surface area contributed by atoms with Crippen LogP contribution >= 0.6 is 0 Å². The molecule has 4 nitrogen and oxygen atoms in total. The maximum atomic E-state index is 6.17. The predicted octanol–water partition coefficient (Wildman–Crippen LogP) is 18.9. The van der Waals surface area contributed by atoms with Gasteiger partial charge in [0.1, 0.15) is 0 Å². The molecule has 0 aliphatic carbocycles. The molecule has 368 valence electrons. The molecular weight excluding hydrogens is 969 g/mol. The average molecular weight is 1010 g/mol. The summed E-state index contributed by atoms with van der Waals surface area (Å²) in [6.45, 7) is 0. The minimum Gasteiger partial charge on any atom is -0.249 e. The molecule has 0 spiro atoms. The van der Waals surface area contributed by atoms with Crippen LogP contribution in [0.4, 0.5) is 0 Å². The Balaban J connectivity index is 1.08. The van der Waals surface area contributed by atoms with E-state index in [1.54, 1.807) is 0 Å². The Morgan fingerprint density at radius 1 is 0.237 bits per heavy atom. The second-order valence-corrected chi connectivity index (χ2v) is 21.3. The van der Waals surface area contributed by atoms with Crippen molar-refractivity contribution in [3.63, 3.8) is 0 Å². The molecule has 8 bridgehead atoms. The SMILES string of the molecule is C1=CC2=NC1=CC1=NC(=C(c3cccc4cc5ccccc5cc34)C3=NC(=CC4=NC(=C2)C=C4)C=C3c2cccc3cc4ccccc4cc23)C(c2cccc3cc4ccccc4cc23)=C1c1cccc2cc3ccccc3cc12. The number of benzene rings is 12. The molecule has 0 amide bonds. The van der Waals surface area contributed by atoms with E-state index in [1.165, 1.54) is 37.7 Å². The summed E-state index contributed by atoms with van der Waals surface area (Å²) in [6, 6.07) is 80.4. The maximum absolute atomic E-state index is 6.17. The number of hydrogen-bond donors (Lipinski definition) is 0. The largest absolute Gasteiger partial charge is 0.249 e. The van der Waals surface area contributed by atoms with Crippen LogP contribution in [0.3, 0.4) is 0 Å². The summed E-state index contributed by atoms with van der Waals surface area (Å²) >= 11 is 0. The molecule has 0 aromatic heterocycles. The lowest BCUT2D eigenvalue weighted by Crippen LogP contribution is -2.08. The fraction of sp³-hybridized carbons (Fsp3) is 0.